The molecule has 2 aromatic rings. The van der Waals surface area contributed by atoms with Gasteiger partial charge in [0.1, 0.15) is 5.69 Å². The Balaban J connectivity index is 2.04. The van der Waals surface area contributed by atoms with E-state index in [9.17, 15) is 4.79 Å². The Hall–Kier alpha value is -1.48. The van der Waals surface area contributed by atoms with Crippen LogP contribution in [0, 0.1) is 0 Å². The number of rotatable bonds is 5. The van der Waals surface area contributed by atoms with Crippen molar-refractivity contribution >= 4 is 17.1 Å². The third-order valence-corrected chi connectivity index (χ3v) is 3.65. The number of carbonyl (C=O) groups is 1. The molecule has 0 saturated carbocycles. The fourth-order valence-electron chi connectivity index (χ4n) is 1.78. The summed E-state index contributed by atoms with van der Waals surface area (Å²) in [6, 6.07) is 7.94. The molecule has 88 valence electrons. The van der Waals surface area contributed by atoms with Crippen molar-refractivity contribution in [3.8, 4) is 0 Å². The van der Waals surface area contributed by atoms with Gasteiger partial charge in [0, 0.05) is 17.5 Å². The van der Waals surface area contributed by atoms with Crippen molar-refractivity contribution in [2.24, 2.45) is 0 Å². The number of nitrogens with zero attached hydrogens (tertiary/aromatic N) is 1. The van der Waals surface area contributed by atoms with Gasteiger partial charge in [0.15, 0.2) is 5.78 Å². The molecule has 0 N–H and O–H groups in total. The SMILES string of the molecule is CCc1cccnc1C(=O)CCc1cccs1. The molecule has 0 bridgehead atoms. The van der Waals surface area contributed by atoms with Crippen molar-refractivity contribution in [3.05, 3.63) is 52.0 Å². The van der Waals surface area contributed by atoms with Gasteiger partial charge in [-0.05, 0) is 35.9 Å². The van der Waals surface area contributed by atoms with Gasteiger partial charge in [0.2, 0.25) is 0 Å². The van der Waals surface area contributed by atoms with Gasteiger partial charge >= 0.3 is 0 Å². The summed E-state index contributed by atoms with van der Waals surface area (Å²) in [6.45, 7) is 2.05. The molecule has 0 aliphatic carbocycles. The summed E-state index contributed by atoms with van der Waals surface area (Å²) in [5, 5.41) is 2.04. The first kappa shape index (κ1) is 12.0. The third-order valence-electron chi connectivity index (χ3n) is 2.71. The minimum Gasteiger partial charge on any atom is -0.292 e. The first-order valence-corrected chi connectivity index (χ1v) is 6.68. The summed E-state index contributed by atoms with van der Waals surface area (Å²) in [7, 11) is 0. The lowest BCUT2D eigenvalue weighted by Crippen LogP contribution is -2.07. The highest BCUT2D eigenvalue weighted by Gasteiger charge is 2.11. The maximum absolute atomic E-state index is 12.1. The van der Waals surface area contributed by atoms with E-state index in [4.69, 9.17) is 0 Å². The largest absolute Gasteiger partial charge is 0.292 e. The third kappa shape index (κ3) is 3.01. The number of hydrogen-bond acceptors (Lipinski definition) is 3. The Kier molecular flexibility index (Phi) is 4.04. The molecule has 3 heteroatoms. The Morgan fingerprint density at radius 1 is 1.35 bits per heavy atom. The van der Waals surface area contributed by atoms with E-state index in [0.29, 0.717) is 12.1 Å². The van der Waals surface area contributed by atoms with E-state index in [1.165, 1.54) is 4.88 Å². The van der Waals surface area contributed by atoms with Crippen molar-refractivity contribution in [2.75, 3.05) is 0 Å². The van der Waals surface area contributed by atoms with E-state index in [0.717, 1.165) is 18.4 Å². The molecule has 0 aromatic carbocycles. The second kappa shape index (κ2) is 5.73. The molecule has 2 rings (SSSR count). The molecule has 2 heterocycles. The van der Waals surface area contributed by atoms with E-state index in [2.05, 4.69) is 11.1 Å². The fraction of sp³-hybridized carbons (Fsp3) is 0.286. The number of aromatic nitrogens is 1. The molecule has 0 atom stereocenters. The van der Waals surface area contributed by atoms with Gasteiger partial charge < -0.3 is 0 Å². The van der Waals surface area contributed by atoms with Crippen LogP contribution in [0.15, 0.2) is 35.8 Å². The molecule has 0 fully saturated rings. The molecule has 0 spiro atoms. The lowest BCUT2D eigenvalue weighted by Gasteiger charge is -2.04. The van der Waals surface area contributed by atoms with Crippen LogP contribution in [0.4, 0.5) is 0 Å². The number of ketones is 1. The number of carbonyl (C=O) groups excluding carboxylic acids is 1. The van der Waals surface area contributed by atoms with Gasteiger partial charge in [-0.1, -0.05) is 19.1 Å². The molecule has 0 unspecified atom stereocenters. The van der Waals surface area contributed by atoms with Crippen molar-refractivity contribution in [3.63, 3.8) is 0 Å². The summed E-state index contributed by atoms with van der Waals surface area (Å²) in [5.41, 5.74) is 1.69. The molecule has 0 amide bonds. The Bertz CT molecular complexity index is 491. The summed E-state index contributed by atoms with van der Waals surface area (Å²) in [6.07, 6.45) is 3.91. The van der Waals surface area contributed by atoms with E-state index in [1.807, 2.05) is 30.5 Å². The first-order chi connectivity index (χ1) is 8.31. The number of thiophene rings is 1. The van der Waals surface area contributed by atoms with Crippen LogP contribution in [0.25, 0.3) is 0 Å². The van der Waals surface area contributed by atoms with Crippen LogP contribution in [0.5, 0.6) is 0 Å². The topological polar surface area (TPSA) is 30.0 Å². The minimum atomic E-state index is 0.149. The highest BCUT2D eigenvalue weighted by Crippen LogP contribution is 2.14. The number of Topliss-reactive ketones (excluding diaryl/α,β-unsaturated/α-hetero) is 1. The Labute approximate surface area is 105 Å². The summed E-state index contributed by atoms with van der Waals surface area (Å²) >= 11 is 1.70. The van der Waals surface area contributed by atoms with E-state index in [1.54, 1.807) is 17.5 Å². The van der Waals surface area contributed by atoms with Crippen LogP contribution in [-0.4, -0.2) is 10.8 Å². The average Bonchev–Trinajstić information content (AvgIpc) is 2.89. The van der Waals surface area contributed by atoms with Gasteiger partial charge in [-0.3, -0.25) is 9.78 Å². The zero-order valence-corrected chi connectivity index (χ0v) is 10.7. The number of pyridine rings is 1. The van der Waals surface area contributed by atoms with Crippen LogP contribution in [0.1, 0.15) is 34.3 Å². The van der Waals surface area contributed by atoms with Gasteiger partial charge in [-0.2, -0.15) is 0 Å². The van der Waals surface area contributed by atoms with Crippen LogP contribution >= 0.6 is 11.3 Å². The second-order valence-electron chi connectivity index (χ2n) is 3.87. The van der Waals surface area contributed by atoms with Crippen LogP contribution < -0.4 is 0 Å². The molecule has 2 aromatic heterocycles. The average molecular weight is 245 g/mol. The highest BCUT2D eigenvalue weighted by molar-refractivity contribution is 7.09. The fourth-order valence-corrected chi connectivity index (χ4v) is 2.49. The lowest BCUT2D eigenvalue weighted by atomic mass is 10.0. The monoisotopic (exact) mass is 245 g/mol. The zero-order chi connectivity index (χ0) is 12.1. The number of aryl methyl sites for hydroxylation is 2. The molecule has 0 aliphatic heterocycles. The molecular formula is C14H15NOS. The normalized spacial score (nSPS) is 10.4. The van der Waals surface area contributed by atoms with Crippen molar-refractivity contribution < 1.29 is 4.79 Å². The van der Waals surface area contributed by atoms with Crippen LogP contribution in [0.2, 0.25) is 0 Å². The van der Waals surface area contributed by atoms with E-state index >= 15 is 0 Å². The maximum atomic E-state index is 12.1. The minimum absolute atomic E-state index is 0.149. The number of hydrogen-bond donors (Lipinski definition) is 0. The summed E-state index contributed by atoms with van der Waals surface area (Å²) in [4.78, 5) is 17.5. The van der Waals surface area contributed by atoms with Crippen LogP contribution in [-0.2, 0) is 12.8 Å². The summed E-state index contributed by atoms with van der Waals surface area (Å²) in [5.74, 6) is 0.149. The van der Waals surface area contributed by atoms with E-state index in [-0.39, 0.29) is 5.78 Å². The van der Waals surface area contributed by atoms with Crippen molar-refractivity contribution in [2.45, 2.75) is 26.2 Å². The van der Waals surface area contributed by atoms with Gasteiger partial charge in [0.25, 0.3) is 0 Å². The Morgan fingerprint density at radius 3 is 2.94 bits per heavy atom. The van der Waals surface area contributed by atoms with Crippen molar-refractivity contribution in [1.82, 2.24) is 4.98 Å². The molecule has 2 nitrogen and oxygen atoms in total. The smallest absolute Gasteiger partial charge is 0.181 e. The summed E-state index contributed by atoms with van der Waals surface area (Å²) < 4.78 is 0. The first-order valence-electron chi connectivity index (χ1n) is 5.80. The maximum Gasteiger partial charge on any atom is 0.181 e. The molecular weight excluding hydrogens is 230 g/mol. The second-order valence-corrected chi connectivity index (χ2v) is 4.90. The zero-order valence-electron chi connectivity index (χ0n) is 9.85. The predicted molar refractivity (Wildman–Crippen MR) is 70.6 cm³/mol. The Morgan fingerprint density at radius 2 is 2.24 bits per heavy atom. The quantitative estimate of drug-likeness (QED) is 0.754. The molecule has 0 radical (unpaired) electrons. The van der Waals surface area contributed by atoms with Gasteiger partial charge in [0.05, 0.1) is 0 Å². The van der Waals surface area contributed by atoms with Gasteiger partial charge in [-0.25, -0.2) is 0 Å². The van der Waals surface area contributed by atoms with Crippen molar-refractivity contribution in [1.29, 1.82) is 0 Å². The van der Waals surface area contributed by atoms with E-state index < -0.39 is 0 Å². The van der Waals surface area contributed by atoms with Gasteiger partial charge in [-0.15, -0.1) is 11.3 Å². The van der Waals surface area contributed by atoms with Crippen LogP contribution in [0.3, 0.4) is 0 Å². The molecule has 0 aliphatic rings. The molecule has 0 saturated heterocycles. The lowest BCUT2D eigenvalue weighted by molar-refractivity contribution is 0.0977. The standard InChI is InChI=1S/C14H15NOS/c1-2-11-5-3-9-15-14(11)13(16)8-7-12-6-4-10-17-12/h3-6,9-10H,2,7-8H2,1H3. The predicted octanol–water partition coefficient (Wildman–Crippen LogP) is 3.52. The molecule has 17 heavy (non-hydrogen) atoms. The highest BCUT2D eigenvalue weighted by atomic mass is 32.1.